The van der Waals surface area contributed by atoms with Crippen LogP contribution in [0.1, 0.15) is 26.7 Å². The van der Waals surface area contributed by atoms with Gasteiger partial charge in [-0.15, -0.1) is 24.0 Å². The zero-order chi connectivity index (χ0) is 18.4. The lowest BCUT2D eigenvalue weighted by molar-refractivity contribution is -0.143. The summed E-state index contributed by atoms with van der Waals surface area (Å²) >= 11 is 0. The maximum atomic E-state index is 12.5. The average molecular weight is 491 g/mol. The second-order valence-corrected chi connectivity index (χ2v) is 7.68. The van der Waals surface area contributed by atoms with Crippen LogP contribution in [-0.4, -0.2) is 80.8 Å². The third kappa shape index (κ3) is 8.60. The number of alkyl halides is 3. The molecule has 26 heavy (non-hydrogen) atoms. The molecule has 9 heteroatoms. The summed E-state index contributed by atoms with van der Waals surface area (Å²) in [5, 5.41) is 6.54. The van der Waals surface area contributed by atoms with Crippen LogP contribution in [0.25, 0.3) is 0 Å². The van der Waals surface area contributed by atoms with Crippen LogP contribution in [0.2, 0.25) is 0 Å². The molecule has 3 atom stereocenters. The summed E-state index contributed by atoms with van der Waals surface area (Å²) in [5.41, 5.74) is 0. The fourth-order valence-electron chi connectivity index (χ4n) is 4.04. The molecule has 2 saturated heterocycles. The van der Waals surface area contributed by atoms with Crippen molar-refractivity contribution in [1.29, 1.82) is 0 Å². The zero-order valence-corrected chi connectivity index (χ0v) is 18.3. The van der Waals surface area contributed by atoms with Crippen LogP contribution >= 0.6 is 24.0 Å². The third-order valence-electron chi connectivity index (χ3n) is 4.90. The number of hydrogen-bond acceptors (Lipinski definition) is 3. The number of likely N-dealkylation sites (tertiary alicyclic amines) is 2. The Morgan fingerprint density at radius 3 is 2.35 bits per heavy atom. The van der Waals surface area contributed by atoms with Gasteiger partial charge in [-0.05, 0) is 24.7 Å². The second kappa shape index (κ2) is 10.9. The molecule has 154 valence electrons. The Bertz CT molecular complexity index is 437. The van der Waals surface area contributed by atoms with Crippen LogP contribution in [0.15, 0.2) is 4.99 Å². The number of nitrogens with one attached hydrogen (secondary N) is 2. The molecule has 2 aliphatic heterocycles. The molecule has 2 aliphatic rings. The highest BCUT2D eigenvalue weighted by Gasteiger charge is 2.34. The van der Waals surface area contributed by atoms with E-state index in [9.17, 15) is 13.2 Å². The molecule has 0 amide bonds. The highest BCUT2D eigenvalue weighted by Crippen LogP contribution is 2.21. The van der Waals surface area contributed by atoms with Gasteiger partial charge in [-0.25, -0.2) is 0 Å². The first-order valence-corrected chi connectivity index (χ1v) is 9.24. The molecule has 0 aromatic rings. The molecule has 0 saturated carbocycles. The lowest BCUT2D eigenvalue weighted by Gasteiger charge is -2.35. The summed E-state index contributed by atoms with van der Waals surface area (Å²) in [4.78, 5) is 8.12. The minimum atomic E-state index is -4.13. The van der Waals surface area contributed by atoms with Crippen LogP contribution in [0.3, 0.4) is 0 Å². The molecule has 0 aliphatic carbocycles. The first-order valence-electron chi connectivity index (χ1n) is 9.24. The largest absolute Gasteiger partial charge is 0.401 e. The van der Waals surface area contributed by atoms with Crippen molar-refractivity contribution in [2.24, 2.45) is 16.8 Å². The Morgan fingerprint density at radius 1 is 1.12 bits per heavy atom. The highest BCUT2D eigenvalue weighted by atomic mass is 127. The normalized spacial score (nSPS) is 28.7. The summed E-state index contributed by atoms with van der Waals surface area (Å²) in [6, 6.07) is 0.0172. The summed E-state index contributed by atoms with van der Waals surface area (Å²) in [6.07, 6.45) is -2.13. The molecule has 2 N–H and O–H groups in total. The maximum absolute atomic E-state index is 12.5. The maximum Gasteiger partial charge on any atom is 0.401 e. The predicted octanol–water partition coefficient (Wildman–Crippen LogP) is 2.38. The summed E-state index contributed by atoms with van der Waals surface area (Å²) in [5.74, 6) is 2.15. The standard InChI is InChI=1S/C17H32F3N5.HI/c1-13-8-14(2)10-24(9-13)7-5-22-16(21-3)23-15-4-6-25(11-15)12-17(18,19)20;/h13-15H,4-12H2,1-3H3,(H2,21,22,23);1H. The third-order valence-corrected chi connectivity index (χ3v) is 4.90. The van der Waals surface area contributed by atoms with Gasteiger partial charge in [-0.2, -0.15) is 13.2 Å². The SMILES string of the molecule is CN=C(NCCN1CC(C)CC(C)C1)NC1CCN(CC(F)(F)F)C1.I. The molecule has 0 bridgehead atoms. The number of guanidine groups is 1. The molecule has 0 aromatic heterocycles. The fourth-order valence-corrected chi connectivity index (χ4v) is 4.04. The summed E-state index contributed by atoms with van der Waals surface area (Å²) < 4.78 is 37.4. The average Bonchev–Trinajstić information content (AvgIpc) is 2.90. The van der Waals surface area contributed by atoms with Gasteiger partial charge in [-0.3, -0.25) is 9.89 Å². The van der Waals surface area contributed by atoms with E-state index in [4.69, 9.17) is 0 Å². The van der Waals surface area contributed by atoms with Gasteiger partial charge in [0, 0.05) is 52.4 Å². The smallest absolute Gasteiger partial charge is 0.355 e. The van der Waals surface area contributed by atoms with Crippen molar-refractivity contribution in [3.63, 3.8) is 0 Å². The number of nitrogens with zero attached hydrogens (tertiary/aromatic N) is 3. The van der Waals surface area contributed by atoms with E-state index < -0.39 is 12.7 Å². The predicted molar refractivity (Wildman–Crippen MR) is 110 cm³/mol. The van der Waals surface area contributed by atoms with Crippen molar-refractivity contribution in [1.82, 2.24) is 20.4 Å². The molecule has 0 aromatic carbocycles. The lowest BCUT2D eigenvalue weighted by atomic mass is 9.92. The first-order chi connectivity index (χ1) is 11.7. The quantitative estimate of drug-likeness (QED) is 0.352. The van der Waals surface area contributed by atoms with E-state index in [1.54, 1.807) is 7.05 Å². The Balaban J connectivity index is 0.00000338. The van der Waals surface area contributed by atoms with Crippen molar-refractivity contribution in [2.75, 3.05) is 52.9 Å². The van der Waals surface area contributed by atoms with E-state index in [1.165, 1.54) is 11.3 Å². The molecule has 2 fully saturated rings. The number of piperidine rings is 1. The molecule has 3 unspecified atom stereocenters. The van der Waals surface area contributed by atoms with Gasteiger partial charge in [0.2, 0.25) is 0 Å². The van der Waals surface area contributed by atoms with Crippen LogP contribution in [0.5, 0.6) is 0 Å². The summed E-state index contributed by atoms with van der Waals surface area (Å²) in [6.45, 7) is 8.65. The van der Waals surface area contributed by atoms with Gasteiger partial charge < -0.3 is 15.5 Å². The van der Waals surface area contributed by atoms with Crippen molar-refractivity contribution in [3.8, 4) is 0 Å². The molecular formula is C17H33F3IN5. The van der Waals surface area contributed by atoms with E-state index in [0.717, 1.165) is 38.0 Å². The number of hydrogen-bond donors (Lipinski definition) is 2. The fraction of sp³-hybridized carbons (Fsp3) is 0.941. The van der Waals surface area contributed by atoms with E-state index in [2.05, 4.69) is 34.4 Å². The van der Waals surface area contributed by atoms with Crippen LogP contribution < -0.4 is 10.6 Å². The Morgan fingerprint density at radius 2 is 1.77 bits per heavy atom. The van der Waals surface area contributed by atoms with Crippen molar-refractivity contribution in [2.45, 2.75) is 38.9 Å². The molecule has 0 spiro atoms. The molecule has 0 radical (unpaired) electrons. The Kier molecular flexibility index (Phi) is 9.95. The molecule has 2 heterocycles. The van der Waals surface area contributed by atoms with Crippen LogP contribution in [0.4, 0.5) is 13.2 Å². The van der Waals surface area contributed by atoms with Crippen LogP contribution in [-0.2, 0) is 0 Å². The van der Waals surface area contributed by atoms with Crippen molar-refractivity contribution < 1.29 is 13.2 Å². The van der Waals surface area contributed by atoms with Gasteiger partial charge in [0.25, 0.3) is 0 Å². The monoisotopic (exact) mass is 491 g/mol. The van der Waals surface area contributed by atoms with Gasteiger partial charge in [-0.1, -0.05) is 13.8 Å². The van der Waals surface area contributed by atoms with E-state index in [-0.39, 0.29) is 30.0 Å². The van der Waals surface area contributed by atoms with E-state index in [1.807, 2.05) is 0 Å². The lowest BCUT2D eigenvalue weighted by Crippen LogP contribution is -2.48. The van der Waals surface area contributed by atoms with Gasteiger partial charge in [0.05, 0.1) is 6.54 Å². The molecule has 5 nitrogen and oxygen atoms in total. The Labute approximate surface area is 172 Å². The van der Waals surface area contributed by atoms with Gasteiger partial charge in [0.15, 0.2) is 5.96 Å². The van der Waals surface area contributed by atoms with Crippen LogP contribution in [0, 0.1) is 11.8 Å². The second-order valence-electron chi connectivity index (χ2n) is 7.68. The minimum absolute atomic E-state index is 0. The number of halogens is 4. The minimum Gasteiger partial charge on any atom is -0.355 e. The zero-order valence-electron chi connectivity index (χ0n) is 16.0. The molecule has 2 rings (SSSR count). The van der Waals surface area contributed by atoms with Gasteiger partial charge >= 0.3 is 6.18 Å². The van der Waals surface area contributed by atoms with Gasteiger partial charge in [0.1, 0.15) is 0 Å². The number of rotatable bonds is 5. The Hall–Kier alpha value is -0.290. The molecular weight excluding hydrogens is 458 g/mol. The van der Waals surface area contributed by atoms with E-state index >= 15 is 0 Å². The van der Waals surface area contributed by atoms with Crippen molar-refractivity contribution in [3.05, 3.63) is 0 Å². The summed E-state index contributed by atoms with van der Waals surface area (Å²) in [7, 11) is 1.70. The topological polar surface area (TPSA) is 42.9 Å². The van der Waals surface area contributed by atoms with Crippen molar-refractivity contribution >= 4 is 29.9 Å². The number of aliphatic imine (C=N–C) groups is 1. The van der Waals surface area contributed by atoms with E-state index in [0.29, 0.717) is 25.5 Å². The first kappa shape index (κ1) is 23.7. The highest BCUT2D eigenvalue weighted by molar-refractivity contribution is 14.0.